The Bertz CT molecular complexity index is 610. The zero-order valence-corrected chi connectivity index (χ0v) is 12.2. The van der Waals surface area contributed by atoms with Gasteiger partial charge in [-0.3, -0.25) is 10.1 Å². The molecule has 3 N–H and O–H groups in total. The first-order valence-electron chi connectivity index (χ1n) is 6.35. The van der Waals surface area contributed by atoms with Gasteiger partial charge in [0.2, 0.25) is 0 Å². The minimum absolute atomic E-state index is 0.408. The highest BCUT2D eigenvalue weighted by Crippen LogP contribution is 2.50. The van der Waals surface area contributed by atoms with Gasteiger partial charge in [0.15, 0.2) is 0 Å². The van der Waals surface area contributed by atoms with Crippen molar-refractivity contribution in [2.24, 2.45) is 5.50 Å². The number of nitrogens with two attached hydrogens (primary N) is 1. The fourth-order valence-electron chi connectivity index (χ4n) is 1.89. The summed E-state index contributed by atoms with van der Waals surface area (Å²) >= 11 is 0. The van der Waals surface area contributed by atoms with Crippen LogP contribution in [0.3, 0.4) is 0 Å². The predicted molar refractivity (Wildman–Crippen MR) is 79.6 cm³/mol. The summed E-state index contributed by atoms with van der Waals surface area (Å²) in [5.41, 5.74) is 6.37. The normalized spacial score (nSPS) is 15.3. The Morgan fingerprint density at radius 3 is 2.40 bits per heavy atom. The van der Waals surface area contributed by atoms with Gasteiger partial charge < -0.3 is 9.63 Å². The van der Waals surface area contributed by atoms with Crippen LogP contribution in [0.4, 0.5) is 0 Å². The smallest absolute Gasteiger partial charge is 0.271 e. The predicted octanol–water partition coefficient (Wildman–Crippen LogP) is 3.47. The van der Waals surface area contributed by atoms with Crippen LogP contribution in [-0.2, 0) is 11.2 Å². The number of para-hydroxylation sites is 1. The summed E-state index contributed by atoms with van der Waals surface area (Å²) < 4.78 is 17.4. The average molecular weight is 291 g/mol. The van der Waals surface area contributed by atoms with Gasteiger partial charge in [-0.1, -0.05) is 48.5 Å². The number of hydrogen-bond acceptors (Lipinski definition) is 2. The van der Waals surface area contributed by atoms with E-state index in [9.17, 15) is 9.46 Å². The topological polar surface area (TPSA) is 72.5 Å². The summed E-state index contributed by atoms with van der Waals surface area (Å²) in [6, 6.07) is 16.9. The van der Waals surface area contributed by atoms with Crippen molar-refractivity contribution in [3.8, 4) is 5.75 Å². The van der Waals surface area contributed by atoms with Crippen molar-refractivity contribution in [2.75, 3.05) is 0 Å². The molecule has 0 saturated heterocycles. The van der Waals surface area contributed by atoms with E-state index in [0.29, 0.717) is 17.9 Å². The van der Waals surface area contributed by atoms with Crippen LogP contribution in [-0.4, -0.2) is 4.89 Å². The molecular weight excluding hydrogens is 273 g/mol. The largest absolute Gasteiger partial charge is 0.489 e. The molecule has 106 valence electrons. The third-order valence-electron chi connectivity index (χ3n) is 3.16. The van der Waals surface area contributed by atoms with Gasteiger partial charge in [0, 0.05) is 5.56 Å². The molecule has 0 aliphatic carbocycles. The number of hydrogen-bond donors (Lipinski definition) is 2. The Morgan fingerprint density at radius 1 is 1.15 bits per heavy atom. The Labute approximate surface area is 118 Å². The minimum Gasteiger partial charge on any atom is -0.489 e. The molecule has 4 nitrogen and oxygen atoms in total. The highest BCUT2D eigenvalue weighted by atomic mass is 31.2. The quantitative estimate of drug-likeness (QED) is 0.827. The minimum atomic E-state index is -3.68. The van der Waals surface area contributed by atoms with E-state index in [1.807, 2.05) is 36.4 Å². The highest BCUT2D eigenvalue weighted by Gasteiger charge is 2.26. The van der Waals surface area contributed by atoms with Gasteiger partial charge >= 0.3 is 0 Å². The van der Waals surface area contributed by atoms with Crippen LogP contribution in [0, 0.1) is 0 Å². The second kappa shape index (κ2) is 6.23. The lowest BCUT2D eigenvalue weighted by Gasteiger charge is -2.18. The first-order valence-corrected chi connectivity index (χ1v) is 8.15. The van der Waals surface area contributed by atoms with Crippen LogP contribution in [0.5, 0.6) is 5.75 Å². The molecule has 0 spiro atoms. The maximum Gasteiger partial charge on any atom is 0.271 e. The molecule has 2 unspecified atom stereocenters. The average Bonchev–Trinajstić information content (AvgIpc) is 2.45. The summed E-state index contributed by atoms with van der Waals surface area (Å²) in [6.07, 6.45) is 0. The summed E-state index contributed by atoms with van der Waals surface area (Å²) in [5.74, 6) is 0.587. The van der Waals surface area contributed by atoms with Crippen LogP contribution in [0.2, 0.25) is 0 Å². The molecule has 0 fully saturated rings. The van der Waals surface area contributed by atoms with Gasteiger partial charge in [-0.15, -0.1) is 0 Å². The van der Waals surface area contributed by atoms with Gasteiger partial charge in [-0.25, -0.2) is 0 Å². The van der Waals surface area contributed by atoms with E-state index in [2.05, 4.69) is 0 Å². The highest BCUT2D eigenvalue weighted by molar-refractivity contribution is 7.55. The molecule has 5 heteroatoms. The Balaban J connectivity index is 2.18. The third-order valence-corrected chi connectivity index (χ3v) is 4.55. The molecule has 2 aromatic rings. The van der Waals surface area contributed by atoms with E-state index in [1.54, 1.807) is 25.1 Å². The Hall–Kier alpha value is -1.61. The Morgan fingerprint density at radius 2 is 1.75 bits per heavy atom. The molecule has 0 heterocycles. The van der Waals surface area contributed by atoms with Gasteiger partial charge in [0.1, 0.15) is 12.4 Å². The van der Waals surface area contributed by atoms with Gasteiger partial charge in [0.25, 0.3) is 7.52 Å². The first kappa shape index (κ1) is 14.8. The van der Waals surface area contributed by atoms with Gasteiger partial charge in [-0.05, 0) is 18.6 Å². The van der Waals surface area contributed by atoms with Crippen molar-refractivity contribution in [1.82, 2.24) is 0 Å². The summed E-state index contributed by atoms with van der Waals surface area (Å²) in [5, 5.41) is 0. The fourth-order valence-corrected chi connectivity index (χ4v) is 2.50. The van der Waals surface area contributed by atoms with Crippen LogP contribution in [0.15, 0.2) is 54.6 Å². The van der Waals surface area contributed by atoms with Gasteiger partial charge in [0.05, 0.1) is 5.66 Å². The van der Waals surface area contributed by atoms with Crippen LogP contribution in [0.1, 0.15) is 23.7 Å². The lowest BCUT2D eigenvalue weighted by molar-refractivity contribution is 0.302. The van der Waals surface area contributed by atoms with Crippen molar-refractivity contribution in [3.05, 3.63) is 65.7 Å². The molecule has 0 aromatic heterocycles. The van der Waals surface area contributed by atoms with Crippen LogP contribution < -0.4 is 10.2 Å². The van der Waals surface area contributed by atoms with E-state index < -0.39 is 13.2 Å². The molecule has 0 aliphatic heterocycles. The zero-order valence-electron chi connectivity index (χ0n) is 11.3. The second-order valence-electron chi connectivity index (χ2n) is 4.66. The van der Waals surface area contributed by atoms with Crippen LogP contribution in [0.25, 0.3) is 0 Å². The molecule has 0 bridgehead atoms. The van der Waals surface area contributed by atoms with Crippen molar-refractivity contribution in [3.63, 3.8) is 0 Å². The molecule has 0 radical (unpaired) electrons. The van der Waals surface area contributed by atoms with E-state index in [0.717, 1.165) is 5.56 Å². The van der Waals surface area contributed by atoms with Crippen molar-refractivity contribution >= 4 is 7.52 Å². The first-order chi connectivity index (χ1) is 9.48. The van der Waals surface area contributed by atoms with E-state index >= 15 is 0 Å². The number of rotatable bonds is 5. The van der Waals surface area contributed by atoms with Crippen molar-refractivity contribution in [1.29, 1.82) is 0 Å². The summed E-state index contributed by atoms with van der Waals surface area (Å²) in [7, 11) is -3.68. The van der Waals surface area contributed by atoms with E-state index in [1.165, 1.54) is 0 Å². The molecule has 2 aromatic carbocycles. The monoisotopic (exact) mass is 291 g/mol. The molecule has 2 atom stereocenters. The standard InChI is InChI=1S/C15H18NO3P/c1-12(20(16,17)18)14-9-5-6-10-15(14)19-11-13-7-3-2-4-8-13/h2-10,12H,11H2,1H3,(H3,16,17,18). The molecule has 0 amide bonds. The number of ether oxygens (including phenoxy) is 1. The molecule has 20 heavy (non-hydrogen) atoms. The lowest BCUT2D eigenvalue weighted by atomic mass is 10.1. The Kier molecular flexibility index (Phi) is 4.61. The fraction of sp³-hybridized carbons (Fsp3) is 0.200. The third kappa shape index (κ3) is 3.70. The van der Waals surface area contributed by atoms with Crippen molar-refractivity contribution in [2.45, 2.75) is 19.2 Å². The summed E-state index contributed by atoms with van der Waals surface area (Å²) in [4.78, 5) is 9.53. The zero-order chi connectivity index (χ0) is 14.6. The van der Waals surface area contributed by atoms with E-state index in [-0.39, 0.29) is 0 Å². The maximum absolute atomic E-state index is 11.6. The second-order valence-corrected chi connectivity index (χ2v) is 6.78. The SMILES string of the molecule is CC(c1ccccc1OCc1ccccc1)P(N)(=O)O. The summed E-state index contributed by atoms with van der Waals surface area (Å²) in [6.45, 7) is 2.04. The molecule has 0 saturated carbocycles. The molecular formula is C15H18NO3P. The van der Waals surface area contributed by atoms with Crippen molar-refractivity contribution < 1.29 is 14.2 Å². The lowest BCUT2D eigenvalue weighted by Crippen LogP contribution is -2.06. The molecule has 0 aliphatic rings. The molecule has 2 rings (SSSR count). The van der Waals surface area contributed by atoms with Crippen LogP contribution >= 0.6 is 7.52 Å². The van der Waals surface area contributed by atoms with Gasteiger partial charge in [-0.2, -0.15) is 0 Å². The maximum atomic E-state index is 11.6. The number of benzene rings is 2. The van der Waals surface area contributed by atoms with E-state index in [4.69, 9.17) is 10.2 Å².